The minimum atomic E-state index is 0.251. The van der Waals surface area contributed by atoms with Crippen LogP contribution >= 0.6 is 0 Å². The predicted octanol–water partition coefficient (Wildman–Crippen LogP) is 2.29. The maximum absolute atomic E-state index is 9.40. The molecule has 0 saturated carbocycles. The summed E-state index contributed by atoms with van der Waals surface area (Å²) in [5.41, 5.74) is 0. The first-order valence-electron chi connectivity index (χ1n) is 7.72. The first-order chi connectivity index (χ1) is 8.61. The quantitative estimate of drug-likeness (QED) is 0.655. The van der Waals surface area contributed by atoms with Crippen LogP contribution in [0.2, 0.25) is 0 Å². The Bertz CT molecular complexity index is 197. The molecule has 0 amide bonds. The molecule has 1 aliphatic heterocycles. The van der Waals surface area contributed by atoms with Crippen molar-refractivity contribution >= 4 is 0 Å². The molecule has 1 heterocycles. The average Bonchev–Trinajstić information content (AvgIpc) is 2.56. The van der Waals surface area contributed by atoms with Crippen LogP contribution < -0.4 is 10.6 Å². The molecule has 0 aromatic heterocycles. The summed E-state index contributed by atoms with van der Waals surface area (Å²) in [6.07, 6.45) is 7.59. The molecule has 1 saturated heterocycles. The van der Waals surface area contributed by atoms with Gasteiger partial charge in [-0.1, -0.05) is 26.7 Å². The number of aliphatic hydroxyl groups is 1. The summed E-state index contributed by atoms with van der Waals surface area (Å²) in [5, 5.41) is 16.6. The van der Waals surface area contributed by atoms with E-state index in [1.165, 1.54) is 38.6 Å². The Hall–Kier alpha value is -0.120. The topological polar surface area (TPSA) is 44.3 Å². The molecule has 3 unspecified atom stereocenters. The van der Waals surface area contributed by atoms with Crippen molar-refractivity contribution in [1.29, 1.82) is 0 Å². The van der Waals surface area contributed by atoms with Crippen LogP contribution in [0, 0.1) is 5.92 Å². The van der Waals surface area contributed by atoms with Gasteiger partial charge in [-0.25, -0.2) is 0 Å². The lowest BCUT2D eigenvalue weighted by Gasteiger charge is -2.26. The molecule has 3 atom stereocenters. The number of aliphatic hydroxyl groups excluding tert-OH is 1. The molecular formula is C15H32N2O. The van der Waals surface area contributed by atoms with Crippen molar-refractivity contribution in [2.75, 3.05) is 13.2 Å². The van der Waals surface area contributed by atoms with E-state index in [-0.39, 0.29) is 12.6 Å². The molecule has 108 valence electrons. The van der Waals surface area contributed by atoms with Crippen LogP contribution in [0.5, 0.6) is 0 Å². The van der Waals surface area contributed by atoms with Gasteiger partial charge in [-0.05, 0) is 45.1 Å². The van der Waals surface area contributed by atoms with E-state index >= 15 is 0 Å². The zero-order valence-electron chi connectivity index (χ0n) is 12.4. The maximum atomic E-state index is 9.40. The third-order valence-corrected chi connectivity index (χ3v) is 3.80. The normalized spacial score (nSPS) is 24.8. The number of hydrogen-bond donors (Lipinski definition) is 3. The summed E-state index contributed by atoms with van der Waals surface area (Å²) in [5.74, 6) is 0.637. The highest BCUT2D eigenvalue weighted by Gasteiger charge is 2.17. The molecule has 0 bridgehead atoms. The summed E-state index contributed by atoms with van der Waals surface area (Å²) in [6, 6.07) is 1.40. The lowest BCUT2D eigenvalue weighted by Crippen LogP contribution is -2.43. The molecule has 0 aromatic rings. The molecule has 3 heteroatoms. The van der Waals surface area contributed by atoms with Gasteiger partial charge in [0.15, 0.2) is 0 Å². The monoisotopic (exact) mass is 256 g/mol. The average molecular weight is 256 g/mol. The second kappa shape index (κ2) is 8.89. The lowest BCUT2D eigenvalue weighted by molar-refractivity contribution is 0.209. The third-order valence-electron chi connectivity index (χ3n) is 3.80. The van der Waals surface area contributed by atoms with Crippen LogP contribution in [0.15, 0.2) is 0 Å². The Balaban J connectivity index is 2.27. The van der Waals surface area contributed by atoms with Gasteiger partial charge in [0, 0.05) is 18.1 Å². The van der Waals surface area contributed by atoms with Crippen LogP contribution in [0.4, 0.5) is 0 Å². The van der Waals surface area contributed by atoms with Gasteiger partial charge in [-0.2, -0.15) is 0 Å². The number of nitrogens with one attached hydrogen (secondary N) is 2. The van der Waals surface area contributed by atoms with Gasteiger partial charge in [0.25, 0.3) is 0 Å². The van der Waals surface area contributed by atoms with Gasteiger partial charge in [-0.3, -0.25) is 0 Å². The fraction of sp³-hybridized carbons (Fsp3) is 1.00. The van der Waals surface area contributed by atoms with Crippen molar-refractivity contribution in [3.8, 4) is 0 Å². The van der Waals surface area contributed by atoms with E-state index in [9.17, 15) is 5.11 Å². The van der Waals surface area contributed by atoms with Crippen LogP contribution in [-0.2, 0) is 0 Å². The van der Waals surface area contributed by atoms with E-state index in [0.29, 0.717) is 18.0 Å². The summed E-state index contributed by atoms with van der Waals surface area (Å²) in [7, 11) is 0. The largest absolute Gasteiger partial charge is 0.395 e. The van der Waals surface area contributed by atoms with Crippen molar-refractivity contribution in [1.82, 2.24) is 10.6 Å². The van der Waals surface area contributed by atoms with E-state index < -0.39 is 0 Å². The van der Waals surface area contributed by atoms with E-state index in [1.54, 1.807) is 0 Å². The first-order valence-corrected chi connectivity index (χ1v) is 7.72. The lowest BCUT2D eigenvalue weighted by atomic mass is 10.0. The van der Waals surface area contributed by atoms with Crippen LogP contribution in [-0.4, -0.2) is 36.4 Å². The Morgan fingerprint density at radius 2 is 2.00 bits per heavy atom. The fourth-order valence-corrected chi connectivity index (χ4v) is 2.96. The summed E-state index contributed by atoms with van der Waals surface area (Å²) in [6.45, 7) is 8.09. The molecule has 1 aliphatic rings. The molecule has 0 spiro atoms. The Morgan fingerprint density at radius 3 is 2.67 bits per heavy atom. The standard InChI is InChI=1S/C15H32N2O/c1-12(2)9-15(11-18)17-13(3)10-14-7-5-4-6-8-16-14/h12-18H,4-11H2,1-3H3. The molecular weight excluding hydrogens is 224 g/mol. The van der Waals surface area contributed by atoms with E-state index in [1.807, 2.05) is 0 Å². The van der Waals surface area contributed by atoms with Crippen molar-refractivity contribution in [2.24, 2.45) is 5.92 Å². The summed E-state index contributed by atoms with van der Waals surface area (Å²) < 4.78 is 0. The second-order valence-electron chi connectivity index (χ2n) is 6.31. The van der Waals surface area contributed by atoms with E-state index in [0.717, 1.165) is 6.42 Å². The van der Waals surface area contributed by atoms with Crippen LogP contribution in [0.25, 0.3) is 0 Å². The van der Waals surface area contributed by atoms with Crippen molar-refractivity contribution < 1.29 is 5.11 Å². The molecule has 1 rings (SSSR count). The molecule has 1 fully saturated rings. The van der Waals surface area contributed by atoms with Gasteiger partial charge < -0.3 is 15.7 Å². The van der Waals surface area contributed by atoms with Crippen LogP contribution in [0.1, 0.15) is 59.3 Å². The highest BCUT2D eigenvalue weighted by molar-refractivity contribution is 4.79. The molecule has 0 aliphatic carbocycles. The van der Waals surface area contributed by atoms with Gasteiger partial charge in [0.2, 0.25) is 0 Å². The van der Waals surface area contributed by atoms with Gasteiger partial charge in [0.1, 0.15) is 0 Å². The molecule has 0 radical (unpaired) electrons. The Kier molecular flexibility index (Phi) is 7.87. The highest BCUT2D eigenvalue weighted by Crippen LogP contribution is 2.13. The smallest absolute Gasteiger partial charge is 0.0584 e. The second-order valence-corrected chi connectivity index (χ2v) is 6.31. The fourth-order valence-electron chi connectivity index (χ4n) is 2.96. The zero-order chi connectivity index (χ0) is 13.4. The highest BCUT2D eigenvalue weighted by atomic mass is 16.3. The van der Waals surface area contributed by atoms with Gasteiger partial charge in [0.05, 0.1) is 6.61 Å². The first kappa shape index (κ1) is 15.9. The summed E-state index contributed by atoms with van der Waals surface area (Å²) in [4.78, 5) is 0. The number of hydrogen-bond acceptors (Lipinski definition) is 3. The minimum Gasteiger partial charge on any atom is -0.395 e. The van der Waals surface area contributed by atoms with E-state index in [4.69, 9.17) is 0 Å². The third kappa shape index (κ3) is 6.72. The zero-order valence-corrected chi connectivity index (χ0v) is 12.4. The Morgan fingerprint density at radius 1 is 1.22 bits per heavy atom. The summed E-state index contributed by atoms with van der Waals surface area (Å²) >= 11 is 0. The van der Waals surface area contributed by atoms with Crippen molar-refractivity contribution in [3.63, 3.8) is 0 Å². The van der Waals surface area contributed by atoms with Crippen molar-refractivity contribution in [3.05, 3.63) is 0 Å². The molecule has 3 N–H and O–H groups in total. The van der Waals surface area contributed by atoms with E-state index in [2.05, 4.69) is 31.4 Å². The van der Waals surface area contributed by atoms with Crippen LogP contribution in [0.3, 0.4) is 0 Å². The molecule has 0 aromatic carbocycles. The van der Waals surface area contributed by atoms with Crippen molar-refractivity contribution in [2.45, 2.75) is 77.4 Å². The maximum Gasteiger partial charge on any atom is 0.0584 e. The predicted molar refractivity (Wildman–Crippen MR) is 77.8 cm³/mol. The minimum absolute atomic E-state index is 0.251. The van der Waals surface area contributed by atoms with Gasteiger partial charge in [-0.15, -0.1) is 0 Å². The molecule has 18 heavy (non-hydrogen) atoms. The SMILES string of the molecule is CC(C)CC(CO)NC(C)CC1CCCCCN1. The Labute approximate surface area is 113 Å². The number of rotatable bonds is 7. The molecule has 3 nitrogen and oxygen atoms in total. The van der Waals surface area contributed by atoms with Gasteiger partial charge >= 0.3 is 0 Å².